The third-order valence-electron chi connectivity index (χ3n) is 1.70. The molecule has 0 aliphatic heterocycles. The standard InChI is InChI=1S/C8H3F6NO2/c9-2-1-3(6(10)11)15-5(7(16)17)4(2)8(12,13)14/h1,6H,(H,16,17). The van der Waals surface area contributed by atoms with Gasteiger partial charge < -0.3 is 5.11 Å². The van der Waals surface area contributed by atoms with E-state index in [1.165, 1.54) is 0 Å². The van der Waals surface area contributed by atoms with E-state index in [1.54, 1.807) is 0 Å². The van der Waals surface area contributed by atoms with Crippen molar-refractivity contribution in [2.75, 3.05) is 0 Å². The number of carbonyl (C=O) groups is 1. The first-order valence-electron chi connectivity index (χ1n) is 3.93. The van der Waals surface area contributed by atoms with Crippen LogP contribution in [0.4, 0.5) is 26.3 Å². The molecule has 1 rings (SSSR count). The number of rotatable bonds is 2. The molecule has 17 heavy (non-hydrogen) atoms. The molecule has 1 heterocycles. The number of carboxylic acids is 1. The number of hydrogen-bond donors (Lipinski definition) is 1. The number of hydrogen-bond acceptors (Lipinski definition) is 2. The number of carboxylic acid groups (broad SMARTS) is 1. The average molecular weight is 259 g/mol. The SMILES string of the molecule is O=C(O)c1nc(C(F)F)cc(F)c1C(F)(F)F. The maximum absolute atomic E-state index is 13.0. The zero-order valence-corrected chi connectivity index (χ0v) is 7.73. The van der Waals surface area contributed by atoms with E-state index in [0.717, 1.165) is 0 Å². The van der Waals surface area contributed by atoms with Crippen LogP contribution in [0.5, 0.6) is 0 Å². The Labute approximate surface area is 89.7 Å². The number of halogens is 6. The predicted molar refractivity (Wildman–Crippen MR) is 41.1 cm³/mol. The van der Waals surface area contributed by atoms with Crippen LogP contribution < -0.4 is 0 Å². The maximum Gasteiger partial charge on any atom is 0.421 e. The Kier molecular flexibility index (Phi) is 3.30. The quantitative estimate of drug-likeness (QED) is 0.831. The highest BCUT2D eigenvalue weighted by atomic mass is 19.4. The molecule has 0 bridgehead atoms. The van der Waals surface area contributed by atoms with Gasteiger partial charge >= 0.3 is 12.1 Å². The molecule has 0 atom stereocenters. The summed E-state index contributed by atoms with van der Waals surface area (Å²) in [4.78, 5) is 13.0. The van der Waals surface area contributed by atoms with Crippen molar-refractivity contribution < 1.29 is 36.2 Å². The molecule has 0 aliphatic rings. The van der Waals surface area contributed by atoms with Gasteiger partial charge in [0.2, 0.25) is 0 Å². The molecule has 1 aromatic heterocycles. The number of aromatic nitrogens is 1. The number of alkyl halides is 5. The Hall–Kier alpha value is -1.80. The second-order valence-electron chi connectivity index (χ2n) is 2.86. The van der Waals surface area contributed by atoms with Crippen LogP contribution in [0.25, 0.3) is 0 Å². The monoisotopic (exact) mass is 259 g/mol. The van der Waals surface area contributed by atoms with Crippen LogP contribution in [0.15, 0.2) is 6.07 Å². The van der Waals surface area contributed by atoms with Crippen molar-refractivity contribution in [3.63, 3.8) is 0 Å². The van der Waals surface area contributed by atoms with Crippen molar-refractivity contribution in [2.24, 2.45) is 0 Å². The Bertz CT molecular complexity index is 456. The van der Waals surface area contributed by atoms with Gasteiger partial charge in [0.05, 0.1) is 0 Å². The minimum absolute atomic E-state index is 0.139. The van der Waals surface area contributed by atoms with Crippen LogP contribution in [0.1, 0.15) is 28.2 Å². The minimum Gasteiger partial charge on any atom is -0.476 e. The van der Waals surface area contributed by atoms with E-state index in [2.05, 4.69) is 4.98 Å². The molecule has 0 spiro atoms. The van der Waals surface area contributed by atoms with Crippen LogP contribution >= 0.6 is 0 Å². The van der Waals surface area contributed by atoms with Gasteiger partial charge in [-0.1, -0.05) is 0 Å². The highest BCUT2D eigenvalue weighted by Crippen LogP contribution is 2.34. The van der Waals surface area contributed by atoms with Crippen LogP contribution in [0, 0.1) is 5.82 Å². The lowest BCUT2D eigenvalue weighted by Gasteiger charge is -2.11. The molecule has 3 nitrogen and oxygen atoms in total. The fraction of sp³-hybridized carbons (Fsp3) is 0.250. The molecule has 0 amide bonds. The molecule has 0 aliphatic carbocycles. The van der Waals surface area contributed by atoms with Crippen molar-refractivity contribution in [1.29, 1.82) is 0 Å². The van der Waals surface area contributed by atoms with E-state index in [1.807, 2.05) is 0 Å². The highest BCUT2D eigenvalue weighted by Gasteiger charge is 2.40. The van der Waals surface area contributed by atoms with Crippen LogP contribution in [0.3, 0.4) is 0 Å². The summed E-state index contributed by atoms with van der Waals surface area (Å²) >= 11 is 0. The molecule has 0 saturated heterocycles. The number of pyridine rings is 1. The minimum atomic E-state index is -5.33. The van der Waals surface area contributed by atoms with Gasteiger partial charge in [-0.3, -0.25) is 0 Å². The Morgan fingerprint density at radius 1 is 1.35 bits per heavy atom. The Morgan fingerprint density at radius 3 is 2.24 bits per heavy atom. The highest BCUT2D eigenvalue weighted by molar-refractivity contribution is 5.87. The smallest absolute Gasteiger partial charge is 0.421 e. The van der Waals surface area contributed by atoms with Crippen LogP contribution in [-0.2, 0) is 6.18 Å². The Balaban J connectivity index is 3.56. The molecule has 0 aromatic carbocycles. The van der Waals surface area contributed by atoms with E-state index in [4.69, 9.17) is 5.11 Å². The van der Waals surface area contributed by atoms with Crippen molar-refractivity contribution >= 4 is 5.97 Å². The molecule has 9 heteroatoms. The summed E-state index contributed by atoms with van der Waals surface area (Å²) in [6.45, 7) is 0. The van der Waals surface area contributed by atoms with E-state index >= 15 is 0 Å². The van der Waals surface area contributed by atoms with Gasteiger partial charge in [-0.05, 0) is 0 Å². The fourth-order valence-corrected chi connectivity index (χ4v) is 1.07. The summed E-state index contributed by atoms with van der Waals surface area (Å²) in [7, 11) is 0. The lowest BCUT2D eigenvalue weighted by molar-refractivity contribution is -0.140. The number of nitrogens with zero attached hydrogens (tertiary/aromatic N) is 1. The molecule has 0 unspecified atom stereocenters. The zero-order chi connectivity index (χ0) is 13.4. The maximum atomic E-state index is 13.0. The first-order valence-corrected chi connectivity index (χ1v) is 3.93. The van der Waals surface area contributed by atoms with Gasteiger partial charge in [0, 0.05) is 6.07 Å². The second kappa shape index (κ2) is 4.22. The van der Waals surface area contributed by atoms with Crippen LogP contribution in [-0.4, -0.2) is 16.1 Å². The lowest BCUT2D eigenvalue weighted by atomic mass is 10.1. The lowest BCUT2D eigenvalue weighted by Crippen LogP contribution is -2.18. The van der Waals surface area contributed by atoms with Gasteiger partial charge in [0.1, 0.15) is 17.1 Å². The summed E-state index contributed by atoms with van der Waals surface area (Å²) in [6, 6.07) is -0.139. The summed E-state index contributed by atoms with van der Waals surface area (Å²) in [6.07, 6.45) is -8.70. The van der Waals surface area contributed by atoms with Gasteiger partial charge in [-0.25, -0.2) is 22.9 Å². The third-order valence-corrected chi connectivity index (χ3v) is 1.70. The van der Waals surface area contributed by atoms with E-state index in [0.29, 0.717) is 0 Å². The van der Waals surface area contributed by atoms with Crippen molar-refractivity contribution in [3.8, 4) is 0 Å². The van der Waals surface area contributed by atoms with Crippen molar-refractivity contribution in [1.82, 2.24) is 4.98 Å². The zero-order valence-electron chi connectivity index (χ0n) is 7.73. The van der Waals surface area contributed by atoms with Gasteiger partial charge in [0.15, 0.2) is 5.69 Å². The van der Waals surface area contributed by atoms with Gasteiger partial charge in [-0.15, -0.1) is 0 Å². The summed E-state index contributed by atoms with van der Waals surface area (Å²) < 4.78 is 74.0. The van der Waals surface area contributed by atoms with Crippen molar-refractivity contribution in [3.05, 3.63) is 28.8 Å². The average Bonchev–Trinajstić information content (AvgIpc) is 2.13. The Morgan fingerprint density at radius 2 is 1.88 bits per heavy atom. The van der Waals surface area contributed by atoms with Crippen LogP contribution in [0.2, 0.25) is 0 Å². The first-order chi connectivity index (χ1) is 7.64. The molecule has 0 fully saturated rings. The third kappa shape index (κ3) is 2.66. The first kappa shape index (κ1) is 13.3. The van der Waals surface area contributed by atoms with Gasteiger partial charge in [0.25, 0.3) is 6.43 Å². The fourth-order valence-electron chi connectivity index (χ4n) is 1.07. The molecule has 0 saturated carbocycles. The molecule has 1 N–H and O–H groups in total. The van der Waals surface area contributed by atoms with Crippen molar-refractivity contribution in [2.45, 2.75) is 12.6 Å². The summed E-state index contributed by atoms with van der Waals surface area (Å²) in [5.41, 5.74) is -5.32. The largest absolute Gasteiger partial charge is 0.476 e. The second-order valence-corrected chi connectivity index (χ2v) is 2.86. The number of aromatic carboxylic acids is 1. The van der Waals surface area contributed by atoms with E-state index in [9.17, 15) is 31.1 Å². The molecule has 0 radical (unpaired) electrons. The van der Waals surface area contributed by atoms with Gasteiger partial charge in [-0.2, -0.15) is 13.2 Å². The predicted octanol–water partition coefficient (Wildman–Crippen LogP) is 2.88. The molecule has 94 valence electrons. The van der Waals surface area contributed by atoms with E-state index in [-0.39, 0.29) is 6.07 Å². The summed E-state index contributed by atoms with van der Waals surface area (Å²) in [5.74, 6) is -4.33. The molecule has 1 aromatic rings. The molecular formula is C8H3F6NO2. The molecular weight excluding hydrogens is 256 g/mol. The summed E-state index contributed by atoms with van der Waals surface area (Å²) in [5, 5.41) is 8.39. The normalized spacial score (nSPS) is 11.9. The van der Waals surface area contributed by atoms with E-state index < -0.39 is 41.3 Å². The topological polar surface area (TPSA) is 50.2 Å².